The molecule has 2 aromatic carbocycles. The van der Waals surface area contributed by atoms with Crippen molar-refractivity contribution in [3.8, 4) is 6.07 Å². The summed E-state index contributed by atoms with van der Waals surface area (Å²) in [7, 11) is -3.69. The SMILES string of the molecule is Cc1ccc(S(=O)(=O)C2C(c3ccc(Cl)cc3)C2(N)C#N)cc1. The van der Waals surface area contributed by atoms with E-state index in [1.54, 1.807) is 48.5 Å². The maximum atomic E-state index is 12.9. The van der Waals surface area contributed by atoms with Gasteiger partial charge in [-0.1, -0.05) is 41.4 Å². The minimum atomic E-state index is -3.69. The van der Waals surface area contributed by atoms with Crippen LogP contribution in [0.25, 0.3) is 0 Å². The third kappa shape index (κ3) is 2.53. The first-order chi connectivity index (χ1) is 10.8. The van der Waals surface area contributed by atoms with Crippen LogP contribution in [0, 0.1) is 18.3 Å². The average Bonchev–Trinajstić information content (AvgIpc) is 3.16. The first-order valence-electron chi connectivity index (χ1n) is 7.07. The molecule has 0 radical (unpaired) electrons. The first kappa shape index (κ1) is 16.0. The van der Waals surface area contributed by atoms with Gasteiger partial charge in [-0.3, -0.25) is 0 Å². The van der Waals surface area contributed by atoms with E-state index in [2.05, 4.69) is 0 Å². The van der Waals surface area contributed by atoms with Crippen LogP contribution < -0.4 is 5.73 Å². The van der Waals surface area contributed by atoms with Gasteiger partial charge in [-0.2, -0.15) is 5.26 Å². The predicted octanol–water partition coefficient (Wildman–Crippen LogP) is 2.81. The van der Waals surface area contributed by atoms with Crippen LogP contribution in [0.1, 0.15) is 17.0 Å². The summed E-state index contributed by atoms with van der Waals surface area (Å²) in [6.45, 7) is 1.88. The largest absolute Gasteiger partial charge is 0.312 e. The molecule has 6 heteroatoms. The van der Waals surface area contributed by atoms with Crippen molar-refractivity contribution >= 4 is 21.4 Å². The van der Waals surface area contributed by atoms with E-state index >= 15 is 0 Å². The average molecular weight is 347 g/mol. The molecule has 23 heavy (non-hydrogen) atoms. The number of hydrogen-bond donors (Lipinski definition) is 1. The topological polar surface area (TPSA) is 83.9 Å². The fourth-order valence-corrected chi connectivity index (χ4v) is 5.25. The monoisotopic (exact) mass is 346 g/mol. The molecule has 0 aliphatic heterocycles. The van der Waals surface area contributed by atoms with Crippen molar-refractivity contribution in [2.45, 2.75) is 28.5 Å². The van der Waals surface area contributed by atoms with Crippen molar-refractivity contribution < 1.29 is 8.42 Å². The Morgan fingerprint density at radius 1 is 1.13 bits per heavy atom. The van der Waals surface area contributed by atoms with E-state index in [0.717, 1.165) is 5.56 Å². The lowest BCUT2D eigenvalue weighted by molar-refractivity contribution is 0.592. The van der Waals surface area contributed by atoms with E-state index in [4.69, 9.17) is 17.3 Å². The number of nitrogens with zero attached hydrogens (tertiary/aromatic N) is 1. The lowest BCUT2D eigenvalue weighted by Crippen LogP contribution is -2.29. The maximum Gasteiger partial charge on any atom is 0.184 e. The number of nitrogens with two attached hydrogens (primary N) is 1. The molecule has 118 valence electrons. The van der Waals surface area contributed by atoms with Crippen molar-refractivity contribution in [1.29, 1.82) is 5.26 Å². The smallest absolute Gasteiger partial charge is 0.184 e. The van der Waals surface area contributed by atoms with Crippen molar-refractivity contribution in [3.63, 3.8) is 0 Å². The van der Waals surface area contributed by atoms with Crippen LogP contribution in [0.15, 0.2) is 53.4 Å². The van der Waals surface area contributed by atoms with Crippen LogP contribution in [0.3, 0.4) is 0 Å². The standard InChI is InChI=1S/C17H15ClN2O2S/c1-11-2-8-14(9-3-11)23(21,22)16-15(17(16,20)10-19)12-4-6-13(18)7-5-12/h2-9,15-16H,20H2,1H3. The summed E-state index contributed by atoms with van der Waals surface area (Å²) in [5.41, 5.74) is 6.34. The zero-order valence-electron chi connectivity index (χ0n) is 12.4. The van der Waals surface area contributed by atoms with Crippen LogP contribution in [-0.2, 0) is 9.84 Å². The highest BCUT2D eigenvalue weighted by atomic mass is 35.5. The molecule has 0 spiro atoms. The van der Waals surface area contributed by atoms with Crippen LogP contribution >= 0.6 is 11.6 Å². The summed E-state index contributed by atoms with van der Waals surface area (Å²) >= 11 is 5.86. The Kier molecular flexibility index (Phi) is 3.72. The molecule has 0 saturated heterocycles. The third-order valence-corrected chi connectivity index (χ3v) is 6.80. The zero-order valence-corrected chi connectivity index (χ0v) is 14.0. The van der Waals surface area contributed by atoms with Crippen LogP contribution in [-0.4, -0.2) is 19.2 Å². The number of benzene rings is 2. The summed E-state index contributed by atoms with van der Waals surface area (Å²) in [5.74, 6) is -0.559. The Hall–Kier alpha value is -1.87. The predicted molar refractivity (Wildman–Crippen MR) is 88.9 cm³/mol. The Balaban J connectivity index is 2.03. The van der Waals surface area contributed by atoms with E-state index in [-0.39, 0.29) is 4.90 Å². The molecule has 0 aromatic heterocycles. The number of rotatable bonds is 3. The van der Waals surface area contributed by atoms with Crippen molar-refractivity contribution in [3.05, 3.63) is 64.7 Å². The molecule has 0 bridgehead atoms. The second-order valence-corrected chi connectivity index (χ2v) is 8.36. The van der Waals surface area contributed by atoms with Gasteiger partial charge in [0.05, 0.1) is 11.0 Å². The molecule has 0 amide bonds. The van der Waals surface area contributed by atoms with Gasteiger partial charge >= 0.3 is 0 Å². The lowest BCUT2D eigenvalue weighted by atomic mass is 10.1. The highest BCUT2D eigenvalue weighted by Crippen LogP contribution is 2.55. The summed E-state index contributed by atoms with van der Waals surface area (Å²) in [6, 6.07) is 15.3. The van der Waals surface area contributed by atoms with Crippen LogP contribution in [0.4, 0.5) is 0 Å². The second-order valence-electron chi connectivity index (χ2n) is 5.85. The Morgan fingerprint density at radius 3 is 2.22 bits per heavy atom. The summed E-state index contributed by atoms with van der Waals surface area (Å²) in [4.78, 5) is 0.189. The number of sulfone groups is 1. The fraction of sp³-hybridized carbons (Fsp3) is 0.235. The Morgan fingerprint density at radius 2 is 1.70 bits per heavy atom. The number of aryl methyl sites for hydroxylation is 1. The van der Waals surface area contributed by atoms with Crippen molar-refractivity contribution in [1.82, 2.24) is 0 Å². The van der Waals surface area contributed by atoms with Crippen LogP contribution in [0.5, 0.6) is 0 Å². The number of nitriles is 1. The van der Waals surface area contributed by atoms with Crippen LogP contribution in [0.2, 0.25) is 5.02 Å². The molecular formula is C17H15ClN2O2S. The first-order valence-corrected chi connectivity index (χ1v) is 8.99. The van der Waals surface area contributed by atoms with Gasteiger partial charge in [0.2, 0.25) is 0 Å². The molecule has 1 aliphatic rings. The van der Waals surface area contributed by atoms with Gasteiger partial charge in [0.25, 0.3) is 0 Å². The Labute approximate surface area is 140 Å². The highest BCUT2D eigenvalue weighted by molar-refractivity contribution is 7.92. The quantitative estimate of drug-likeness (QED) is 0.926. The highest BCUT2D eigenvalue weighted by Gasteiger charge is 2.70. The van der Waals surface area contributed by atoms with Gasteiger partial charge in [0, 0.05) is 10.9 Å². The Bertz CT molecular complexity index is 886. The van der Waals surface area contributed by atoms with Crippen molar-refractivity contribution in [2.75, 3.05) is 0 Å². The van der Waals surface area contributed by atoms with Gasteiger partial charge in [-0.15, -0.1) is 0 Å². The molecule has 4 nitrogen and oxygen atoms in total. The molecule has 3 rings (SSSR count). The second kappa shape index (κ2) is 5.34. The normalized spacial score (nSPS) is 26.5. The molecule has 2 N–H and O–H groups in total. The molecule has 0 heterocycles. The summed E-state index contributed by atoms with van der Waals surface area (Å²) in [6.07, 6.45) is 0. The molecule has 2 aromatic rings. The third-order valence-electron chi connectivity index (χ3n) is 4.29. The molecule has 1 fully saturated rings. The van der Waals surface area contributed by atoms with Gasteiger partial charge in [0.1, 0.15) is 10.8 Å². The van der Waals surface area contributed by atoms with E-state index in [0.29, 0.717) is 10.6 Å². The summed E-state index contributed by atoms with van der Waals surface area (Å²) in [5, 5.41) is 9.00. The van der Waals surface area contributed by atoms with Gasteiger partial charge in [-0.05, 0) is 36.8 Å². The minimum absolute atomic E-state index is 0.189. The molecule has 1 saturated carbocycles. The number of halogens is 1. The zero-order chi connectivity index (χ0) is 16.8. The van der Waals surface area contributed by atoms with E-state index in [1.807, 2.05) is 13.0 Å². The molecule has 3 atom stereocenters. The fourth-order valence-electron chi connectivity index (χ4n) is 2.94. The van der Waals surface area contributed by atoms with Gasteiger partial charge in [0.15, 0.2) is 9.84 Å². The maximum absolute atomic E-state index is 12.9. The molecule has 1 aliphatic carbocycles. The molecular weight excluding hydrogens is 332 g/mol. The summed E-state index contributed by atoms with van der Waals surface area (Å²) < 4.78 is 25.7. The van der Waals surface area contributed by atoms with E-state index < -0.39 is 26.5 Å². The van der Waals surface area contributed by atoms with E-state index in [9.17, 15) is 13.7 Å². The van der Waals surface area contributed by atoms with Gasteiger partial charge in [-0.25, -0.2) is 8.42 Å². The lowest BCUT2D eigenvalue weighted by Gasteiger charge is -2.05. The molecule has 3 unspecified atom stereocenters. The minimum Gasteiger partial charge on any atom is -0.312 e. The van der Waals surface area contributed by atoms with E-state index in [1.165, 1.54) is 0 Å². The number of hydrogen-bond acceptors (Lipinski definition) is 4. The van der Waals surface area contributed by atoms with Crippen molar-refractivity contribution in [2.24, 2.45) is 5.73 Å². The van der Waals surface area contributed by atoms with Gasteiger partial charge < -0.3 is 5.73 Å².